The first-order valence-corrected chi connectivity index (χ1v) is 9.35. The first-order valence-electron chi connectivity index (χ1n) is 8.36. The smallest absolute Gasteiger partial charge is 0.195 e. The van der Waals surface area contributed by atoms with Gasteiger partial charge in [-0.1, -0.05) is 32.5 Å². The molecule has 1 atom stereocenters. The third-order valence-corrected chi connectivity index (χ3v) is 5.20. The van der Waals surface area contributed by atoms with Gasteiger partial charge in [-0.3, -0.25) is 9.47 Å². The van der Waals surface area contributed by atoms with Gasteiger partial charge in [-0.15, -0.1) is 10.2 Å². The minimum Gasteiger partial charge on any atom is -0.497 e. The number of ether oxygens (including phenoxy) is 1. The maximum Gasteiger partial charge on any atom is 0.195 e. The summed E-state index contributed by atoms with van der Waals surface area (Å²) in [7, 11) is 5.85. The number of thioether (sulfide) groups is 1. The maximum absolute atomic E-state index is 5.28. The second kappa shape index (κ2) is 8.53. The highest BCUT2D eigenvalue weighted by Gasteiger charge is 2.23. The SMILES string of the molecule is CCC(c1nnc(SCC(C)C)n1-c1ccc(OC)cc1)N(C)C. The summed E-state index contributed by atoms with van der Waals surface area (Å²) >= 11 is 1.76. The second-order valence-electron chi connectivity index (χ2n) is 6.47. The van der Waals surface area contributed by atoms with Crippen molar-refractivity contribution in [2.24, 2.45) is 5.92 Å². The Labute approximate surface area is 149 Å². The Morgan fingerprint density at radius 2 is 1.83 bits per heavy atom. The summed E-state index contributed by atoms with van der Waals surface area (Å²) in [5.74, 6) is 3.46. The summed E-state index contributed by atoms with van der Waals surface area (Å²) in [6.45, 7) is 6.62. The van der Waals surface area contributed by atoms with E-state index in [4.69, 9.17) is 4.74 Å². The van der Waals surface area contributed by atoms with Gasteiger partial charge in [0.05, 0.1) is 13.2 Å². The molecule has 0 amide bonds. The average molecular weight is 349 g/mol. The van der Waals surface area contributed by atoms with E-state index in [-0.39, 0.29) is 6.04 Å². The van der Waals surface area contributed by atoms with Crippen molar-refractivity contribution >= 4 is 11.8 Å². The van der Waals surface area contributed by atoms with E-state index >= 15 is 0 Å². The summed E-state index contributed by atoms with van der Waals surface area (Å²) in [5.41, 5.74) is 1.07. The van der Waals surface area contributed by atoms with Gasteiger partial charge >= 0.3 is 0 Å². The van der Waals surface area contributed by atoms with Gasteiger partial charge < -0.3 is 4.74 Å². The molecular weight excluding hydrogens is 320 g/mol. The lowest BCUT2D eigenvalue weighted by atomic mass is 10.2. The van der Waals surface area contributed by atoms with Crippen LogP contribution in [0.5, 0.6) is 5.75 Å². The van der Waals surface area contributed by atoms with Crippen molar-refractivity contribution in [2.45, 2.75) is 38.4 Å². The molecule has 0 saturated carbocycles. The molecule has 5 nitrogen and oxygen atoms in total. The predicted molar refractivity (Wildman–Crippen MR) is 100 cm³/mol. The maximum atomic E-state index is 5.28. The first kappa shape index (κ1) is 18.8. The Bertz CT molecular complexity index is 637. The van der Waals surface area contributed by atoms with Crippen LogP contribution in [0.1, 0.15) is 39.1 Å². The summed E-state index contributed by atoms with van der Waals surface area (Å²) in [6.07, 6.45) is 0.982. The molecule has 0 aliphatic carbocycles. The van der Waals surface area contributed by atoms with Gasteiger partial charge in [0.2, 0.25) is 0 Å². The zero-order chi connectivity index (χ0) is 17.7. The minimum absolute atomic E-state index is 0.230. The normalized spacial score (nSPS) is 12.8. The van der Waals surface area contributed by atoms with E-state index in [1.165, 1.54) is 0 Å². The van der Waals surface area contributed by atoms with Crippen LogP contribution in [0.2, 0.25) is 0 Å². The van der Waals surface area contributed by atoms with Gasteiger partial charge in [-0.05, 0) is 50.7 Å². The molecule has 0 N–H and O–H groups in total. The van der Waals surface area contributed by atoms with E-state index in [1.54, 1.807) is 18.9 Å². The highest BCUT2D eigenvalue weighted by Crippen LogP contribution is 2.30. The topological polar surface area (TPSA) is 43.2 Å². The van der Waals surface area contributed by atoms with Crippen molar-refractivity contribution in [1.29, 1.82) is 0 Å². The number of aromatic nitrogens is 3. The molecule has 0 bridgehead atoms. The quantitative estimate of drug-likeness (QED) is 0.674. The van der Waals surface area contributed by atoms with Crippen LogP contribution in [-0.4, -0.2) is 46.6 Å². The molecule has 1 aromatic carbocycles. The zero-order valence-corrected chi connectivity index (χ0v) is 16.3. The standard InChI is InChI=1S/C18H28N4OS/c1-7-16(21(4)5)17-19-20-18(24-12-13(2)3)22(17)14-8-10-15(23-6)11-9-14/h8-11,13,16H,7,12H2,1-6H3. The third-order valence-electron chi connectivity index (χ3n) is 3.84. The van der Waals surface area contributed by atoms with Crippen molar-refractivity contribution < 1.29 is 4.74 Å². The van der Waals surface area contributed by atoms with Crippen molar-refractivity contribution in [3.8, 4) is 11.4 Å². The average Bonchev–Trinajstić information content (AvgIpc) is 2.97. The van der Waals surface area contributed by atoms with E-state index in [0.717, 1.165) is 34.6 Å². The highest BCUT2D eigenvalue weighted by atomic mass is 32.2. The molecule has 0 spiro atoms. The fourth-order valence-electron chi connectivity index (χ4n) is 2.58. The molecule has 1 heterocycles. The molecule has 0 fully saturated rings. The van der Waals surface area contributed by atoms with E-state index in [2.05, 4.69) is 66.7 Å². The van der Waals surface area contributed by atoms with Gasteiger partial charge in [0.25, 0.3) is 0 Å². The monoisotopic (exact) mass is 348 g/mol. The largest absolute Gasteiger partial charge is 0.497 e. The van der Waals surface area contributed by atoms with Crippen molar-refractivity contribution in [3.63, 3.8) is 0 Å². The molecule has 0 saturated heterocycles. The Morgan fingerprint density at radius 3 is 2.33 bits per heavy atom. The fourth-order valence-corrected chi connectivity index (χ4v) is 3.49. The fraction of sp³-hybridized carbons (Fsp3) is 0.556. The zero-order valence-electron chi connectivity index (χ0n) is 15.5. The number of benzene rings is 1. The molecule has 6 heteroatoms. The summed E-state index contributed by atoms with van der Waals surface area (Å²) in [4.78, 5) is 2.20. The Morgan fingerprint density at radius 1 is 1.17 bits per heavy atom. The molecule has 1 aromatic heterocycles. The van der Waals surface area contributed by atoms with Crippen LogP contribution in [0, 0.1) is 5.92 Å². The predicted octanol–water partition coefficient (Wildman–Crippen LogP) is 4.04. The summed E-state index contributed by atoms with van der Waals surface area (Å²) in [5, 5.41) is 9.95. The summed E-state index contributed by atoms with van der Waals surface area (Å²) < 4.78 is 7.46. The Balaban J connectivity index is 2.47. The van der Waals surface area contributed by atoms with E-state index in [0.29, 0.717) is 5.92 Å². The second-order valence-corrected chi connectivity index (χ2v) is 7.45. The van der Waals surface area contributed by atoms with Crippen LogP contribution in [0.25, 0.3) is 5.69 Å². The summed E-state index contributed by atoms with van der Waals surface area (Å²) in [6, 6.07) is 8.31. The molecule has 2 rings (SSSR count). The van der Waals surface area contributed by atoms with Gasteiger partial charge in [0.15, 0.2) is 11.0 Å². The lowest BCUT2D eigenvalue weighted by Gasteiger charge is -2.23. The molecule has 0 aliphatic heterocycles. The molecule has 24 heavy (non-hydrogen) atoms. The van der Waals surface area contributed by atoms with Crippen LogP contribution >= 0.6 is 11.8 Å². The van der Waals surface area contributed by atoms with Crippen molar-refractivity contribution in [2.75, 3.05) is 27.0 Å². The number of nitrogens with zero attached hydrogens (tertiary/aromatic N) is 4. The molecule has 0 aliphatic rings. The van der Waals surface area contributed by atoms with Gasteiger partial charge in [-0.2, -0.15) is 0 Å². The number of methoxy groups -OCH3 is 1. The lowest BCUT2D eigenvalue weighted by molar-refractivity contribution is 0.276. The molecule has 0 radical (unpaired) electrons. The molecule has 132 valence electrons. The van der Waals surface area contributed by atoms with E-state index < -0.39 is 0 Å². The minimum atomic E-state index is 0.230. The molecule has 2 aromatic rings. The van der Waals surface area contributed by atoms with Crippen molar-refractivity contribution in [3.05, 3.63) is 30.1 Å². The Kier molecular flexibility index (Phi) is 6.69. The number of hydrogen-bond acceptors (Lipinski definition) is 5. The lowest BCUT2D eigenvalue weighted by Crippen LogP contribution is -2.22. The van der Waals surface area contributed by atoms with Gasteiger partial charge in [0.1, 0.15) is 5.75 Å². The molecule has 1 unspecified atom stereocenters. The van der Waals surface area contributed by atoms with Gasteiger partial charge in [0, 0.05) is 11.4 Å². The van der Waals surface area contributed by atoms with Gasteiger partial charge in [-0.25, -0.2) is 0 Å². The van der Waals surface area contributed by atoms with E-state index in [1.807, 2.05) is 12.1 Å². The highest BCUT2D eigenvalue weighted by molar-refractivity contribution is 7.99. The Hall–Kier alpha value is -1.53. The van der Waals surface area contributed by atoms with Crippen LogP contribution in [0.4, 0.5) is 0 Å². The number of rotatable bonds is 8. The van der Waals surface area contributed by atoms with Crippen LogP contribution in [0.3, 0.4) is 0 Å². The van der Waals surface area contributed by atoms with Crippen LogP contribution in [0.15, 0.2) is 29.4 Å². The van der Waals surface area contributed by atoms with Crippen molar-refractivity contribution in [1.82, 2.24) is 19.7 Å². The van der Waals surface area contributed by atoms with Crippen LogP contribution < -0.4 is 4.74 Å². The third kappa shape index (κ3) is 4.30. The number of hydrogen-bond donors (Lipinski definition) is 0. The first-order chi connectivity index (χ1) is 11.5. The van der Waals surface area contributed by atoms with Crippen LogP contribution in [-0.2, 0) is 0 Å². The molecular formula is C18H28N4OS. The van der Waals surface area contributed by atoms with E-state index in [9.17, 15) is 0 Å².